The molecule has 0 radical (unpaired) electrons. The summed E-state index contributed by atoms with van der Waals surface area (Å²) in [5.74, 6) is -2.53. The van der Waals surface area contributed by atoms with Crippen molar-refractivity contribution < 1.29 is 40.3 Å². The first-order valence-corrected chi connectivity index (χ1v) is 8.57. The summed E-state index contributed by atoms with van der Waals surface area (Å²) in [7, 11) is -5.70. The van der Waals surface area contributed by atoms with Crippen LogP contribution >= 0.6 is 0 Å². The third-order valence-electron chi connectivity index (χ3n) is 3.75. The lowest BCUT2D eigenvalue weighted by Crippen LogP contribution is -2.26. The van der Waals surface area contributed by atoms with E-state index in [-0.39, 0.29) is 30.0 Å². The molecule has 2 aromatic rings. The van der Waals surface area contributed by atoms with Crippen LogP contribution in [0.4, 0.5) is 27.6 Å². The van der Waals surface area contributed by atoms with Crippen LogP contribution in [0, 0.1) is 11.6 Å². The van der Waals surface area contributed by atoms with Gasteiger partial charge in [-0.25, -0.2) is 17.2 Å². The Kier molecular flexibility index (Phi) is 4.31. The molecule has 1 aliphatic heterocycles. The number of alkyl halides is 3. The summed E-state index contributed by atoms with van der Waals surface area (Å²) < 4.78 is 93.5. The zero-order valence-corrected chi connectivity index (χ0v) is 13.5. The minimum Gasteiger partial charge on any atom is -0.457 e. The number of ether oxygens (including phenoxy) is 1. The first-order chi connectivity index (χ1) is 12.0. The number of hydrogen-bond donors (Lipinski definition) is 1. The molecule has 3 rings (SSSR count). The van der Waals surface area contributed by atoms with Gasteiger partial charge in [0.15, 0.2) is 11.6 Å². The van der Waals surface area contributed by atoms with Crippen LogP contribution in [-0.2, 0) is 16.3 Å². The topological polar surface area (TPSA) is 66.8 Å². The summed E-state index contributed by atoms with van der Waals surface area (Å²) in [6, 6.07) is 4.24. The third kappa shape index (κ3) is 2.97. The molecule has 1 heterocycles. The van der Waals surface area contributed by atoms with E-state index in [1.165, 1.54) is 0 Å². The van der Waals surface area contributed by atoms with Crippen LogP contribution in [0.2, 0.25) is 0 Å². The second-order valence-corrected chi connectivity index (χ2v) is 7.30. The number of hydroxylamine groups is 1. The average Bonchev–Trinajstić information content (AvgIpc) is 2.93. The van der Waals surface area contributed by atoms with E-state index in [1.54, 1.807) is 0 Å². The van der Waals surface area contributed by atoms with E-state index in [1.807, 2.05) is 0 Å². The number of rotatable bonds is 3. The summed E-state index contributed by atoms with van der Waals surface area (Å²) in [6.45, 7) is -0.159. The highest BCUT2D eigenvalue weighted by atomic mass is 32.2. The maximum absolute atomic E-state index is 13.3. The molecule has 0 aliphatic carbocycles. The Morgan fingerprint density at radius 2 is 1.77 bits per heavy atom. The third-order valence-corrected chi connectivity index (χ3v) is 5.27. The van der Waals surface area contributed by atoms with E-state index in [0.717, 1.165) is 24.3 Å². The van der Waals surface area contributed by atoms with Crippen LogP contribution < -0.4 is 9.80 Å². The zero-order valence-electron chi connectivity index (χ0n) is 12.7. The number of fused-ring (bicyclic) bond motifs is 1. The second-order valence-electron chi connectivity index (χ2n) is 5.39. The molecule has 1 aliphatic rings. The largest absolute Gasteiger partial charge is 0.501 e. The first-order valence-electron chi connectivity index (χ1n) is 7.09. The highest BCUT2D eigenvalue weighted by Gasteiger charge is 2.49. The van der Waals surface area contributed by atoms with Crippen molar-refractivity contribution in [1.82, 2.24) is 0 Å². The van der Waals surface area contributed by atoms with Crippen LogP contribution in [0.1, 0.15) is 5.56 Å². The Morgan fingerprint density at radius 1 is 1.08 bits per heavy atom. The van der Waals surface area contributed by atoms with E-state index >= 15 is 0 Å². The Balaban J connectivity index is 2.10. The van der Waals surface area contributed by atoms with Gasteiger partial charge >= 0.3 is 5.51 Å². The molecule has 0 spiro atoms. The van der Waals surface area contributed by atoms with E-state index in [4.69, 9.17) is 4.74 Å². The first kappa shape index (κ1) is 18.4. The quantitative estimate of drug-likeness (QED) is 0.801. The van der Waals surface area contributed by atoms with Crippen molar-refractivity contribution >= 4 is 15.5 Å². The summed E-state index contributed by atoms with van der Waals surface area (Å²) in [6.07, 6.45) is -0.00788. The molecule has 11 heteroatoms. The molecule has 0 unspecified atom stereocenters. The molecule has 0 amide bonds. The molecule has 5 nitrogen and oxygen atoms in total. The van der Waals surface area contributed by atoms with E-state index in [9.17, 15) is 35.6 Å². The maximum atomic E-state index is 13.3. The van der Waals surface area contributed by atoms with E-state index in [2.05, 4.69) is 0 Å². The van der Waals surface area contributed by atoms with Gasteiger partial charge in [-0.1, -0.05) is 0 Å². The van der Waals surface area contributed by atoms with Crippen molar-refractivity contribution in [2.75, 3.05) is 11.6 Å². The van der Waals surface area contributed by atoms with Crippen molar-refractivity contribution in [3.63, 3.8) is 0 Å². The predicted octanol–water partition coefficient (Wildman–Crippen LogP) is 3.80. The molecular formula is C15H10F5NO4S. The SMILES string of the molecule is O=S(=O)(c1ccc(Oc2ccc(F)c(F)c2)c2c1N(O)CC2)C(F)(F)F. The summed E-state index contributed by atoms with van der Waals surface area (Å²) in [5.41, 5.74) is -6.10. The van der Waals surface area contributed by atoms with Gasteiger partial charge in [-0.05, 0) is 30.7 Å². The normalized spacial score (nSPS) is 14.5. The van der Waals surface area contributed by atoms with Gasteiger partial charge in [0.05, 0.1) is 5.69 Å². The van der Waals surface area contributed by atoms with Gasteiger partial charge < -0.3 is 4.74 Å². The fraction of sp³-hybridized carbons (Fsp3) is 0.200. The molecular weight excluding hydrogens is 385 g/mol. The van der Waals surface area contributed by atoms with Gasteiger partial charge in [-0.15, -0.1) is 0 Å². The van der Waals surface area contributed by atoms with Gasteiger partial charge in [-0.3, -0.25) is 10.3 Å². The highest BCUT2D eigenvalue weighted by molar-refractivity contribution is 7.92. The number of anilines is 1. The maximum Gasteiger partial charge on any atom is 0.501 e. The summed E-state index contributed by atoms with van der Waals surface area (Å²) in [5, 5.41) is 10.2. The van der Waals surface area contributed by atoms with Crippen LogP contribution in [0.5, 0.6) is 11.5 Å². The zero-order chi connectivity index (χ0) is 19.3. The minimum atomic E-state index is -5.70. The monoisotopic (exact) mass is 395 g/mol. The van der Waals surface area contributed by atoms with Crippen LogP contribution in [0.15, 0.2) is 35.2 Å². The molecule has 1 N–H and O–H groups in total. The lowest BCUT2D eigenvalue weighted by molar-refractivity contribution is -0.0436. The molecule has 0 saturated heterocycles. The van der Waals surface area contributed by atoms with Crippen molar-refractivity contribution in [2.24, 2.45) is 0 Å². The van der Waals surface area contributed by atoms with Gasteiger partial charge in [-0.2, -0.15) is 13.2 Å². The Morgan fingerprint density at radius 3 is 2.38 bits per heavy atom. The number of hydrogen-bond acceptors (Lipinski definition) is 5. The highest BCUT2D eigenvalue weighted by Crippen LogP contribution is 2.44. The van der Waals surface area contributed by atoms with Crippen LogP contribution in [0.3, 0.4) is 0 Å². The van der Waals surface area contributed by atoms with Crippen LogP contribution in [0.25, 0.3) is 0 Å². The van der Waals surface area contributed by atoms with E-state index in [0.29, 0.717) is 11.1 Å². The molecule has 140 valence electrons. The molecule has 0 aromatic heterocycles. The molecule has 0 fully saturated rings. The standard InChI is InChI=1S/C15H10F5NO4S/c16-10-2-1-8(7-11(10)17)25-12-3-4-13(26(23,24)15(18,19)20)14-9(12)5-6-21(14)22/h1-4,7,22H,5-6H2. The van der Waals surface area contributed by atoms with E-state index < -0.39 is 37.6 Å². The lowest BCUT2D eigenvalue weighted by Gasteiger charge is -2.18. The number of benzene rings is 2. The van der Waals surface area contributed by atoms with Crippen molar-refractivity contribution in [2.45, 2.75) is 16.8 Å². The molecule has 26 heavy (non-hydrogen) atoms. The minimum absolute atomic E-state index is 0.00237. The van der Waals surface area contributed by atoms with Gasteiger partial charge in [0, 0.05) is 18.2 Å². The predicted molar refractivity (Wildman–Crippen MR) is 79.0 cm³/mol. The average molecular weight is 395 g/mol. The Labute approximate surface area is 144 Å². The second kappa shape index (κ2) is 6.09. The smallest absolute Gasteiger partial charge is 0.457 e. The lowest BCUT2D eigenvalue weighted by atomic mass is 10.1. The van der Waals surface area contributed by atoms with Crippen molar-refractivity contribution in [3.8, 4) is 11.5 Å². The fourth-order valence-corrected chi connectivity index (χ4v) is 3.53. The fourth-order valence-electron chi connectivity index (χ4n) is 2.55. The number of halogens is 5. The molecule has 2 aromatic carbocycles. The number of sulfone groups is 1. The summed E-state index contributed by atoms with van der Waals surface area (Å²) in [4.78, 5) is -1.11. The van der Waals surface area contributed by atoms with Gasteiger partial charge in [0.1, 0.15) is 16.4 Å². The number of nitrogens with zero attached hydrogens (tertiary/aromatic N) is 1. The van der Waals surface area contributed by atoms with Crippen molar-refractivity contribution in [3.05, 3.63) is 47.5 Å². The summed E-state index contributed by atoms with van der Waals surface area (Å²) >= 11 is 0. The molecule has 0 atom stereocenters. The Bertz CT molecular complexity index is 975. The molecule has 0 saturated carbocycles. The van der Waals surface area contributed by atoms with Gasteiger partial charge in [0.2, 0.25) is 0 Å². The molecule has 0 bridgehead atoms. The Hall–Kier alpha value is -2.40. The van der Waals surface area contributed by atoms with Crippen molar-refractivity contribution in [1.29, 1.82) is 0 Å². The van der Waals surface area contributed by atoms with Crippen LogP contribution in [-0.4, -0.2) is 25.7 Å². The van der Waals surface area contributed by atoms with Gasteiger partial charge in [0.25, 0.3) is 9.84 Å².